The number of hydrogen-bond donors (Lipinski definition) is 1. The van der Waals surface area contributed by atoms with E-state index < -0.39 is 5.60 Å². The van der Waals surface area contributed by atoms with Crippen LogP contribution in [0.5, 0.6) is 0 Å². The van der Waals surface area contributed by atoms with E-state index in [0.29, 0.717) is 13.0 Å². The Morgan fingerprint density at radius 2 is 2.10 bits per heavy atom. The average molecular weight is 338 g/mol. The minimum Gasteiger partial charge on any atom is -0.390 e. The smallest absolute Gasteiger partial charge is 0.246 e. The number of halogens is 1. The molecule has 1 aliphatic rings. The fourth-order valence-corrected chi connectivity index (χ4v) is 2.78. The lowest BCUT2D eigenvalue weighted by atomic mass is 9.98. The molecule has 1 aromatic rings. The second kappa shape index (κ2) is 6.55. The zero-order valence-corrected chi connectivity index (χ0v) is 13.3. The van der Waals surface area contributed by atoms with E-state index in [-0.39, 0.29) is 5.91 Å². The highest BCUT2D eigenvalue weighted by molar-refractivity contribution is 9.10. The molecule has 1 aromatic carbocycles. The van der Waals surface area contributed by atoms with Crippen molar-refractivity contribution in [2.24, 2.45) is 0 Å². The molecule has 1 atom stereocenters. The van der Waals surface area contributed by atoms with Crippen LogP contribution in [0.15, 0.2) is 34.8 Å². The van der Waals surface area contributed by atoms with Gasteiger partial charge in [0, 0.05) is 23.6 Å². The molecule has 1 fully saturated rings. The van der Waals surface area contributed by atoms with Crippen LogP contribution in [-0.4, -0.2) is 34.6 Å². The average Bonchev–Trinajstić information content (AvgIpc) is 2.58. The highest BCUT2D eigenvalue weighted by atomic mass is 79.9. The summed E-state index contributed by atoms with van der Waals surface area (Å²) >= 11 is 3.46. The molecule has 3 nitrogen and oxygen atoms in total. The number of carbonyl (C=O) groups is 1. The Kier molecular flexibility index (Phi) is 5.00. The van der Waals surface area contributed by atoms with Crippen molar-refractivity contribution >= 4 is 27.9 Å². The van der Waals surface area contributed by atoms with Crippen molar-refractivity contribution in [3.8, 4) is 0 Å². The van der Waals surface area contributed by atoms with Gasteiger partial charge in [0.15, 0.2) is 0 Å². The maximum absolute atomic E-state index is 12.2. The molecule has 0 spiro atoms. The fourth-order valence-electron chi connectivity index (χ4n) is 2.36. The Balaban J connectivity index is 2.00. The maximum Gasteiger partial charge on any atom is 0.246 e. The number of rotatable bonds is 2. The van der Waals surface area contributed by atoms with E-state index in [1.54, 1.807) is 6.08 Å². The number of aliphatic hydroxyl groups is 1. The van der Waals surface area contributed by atoms with Crippen molar-refractivity contribution in [1.29, 1.82) is 0 Å². The summed E-state index contributed by atoms with van der Waals surface area (Å²) in [5, 5.41) is 10.0. The van der Waals surface area contributed by atoms with Gasteiger partial charge in [-0.2, -0.15) is 0 Å². The number of benzene rings is 1. The van der Waals surface area contributed by atoms with E-state index in [1.165, 1.54) is 0 Å². The van der Waals surface area contributed by atoms with Gasteiger partial charge < -0.3 is 10.0 Å². The van der Waals surface area contributed by atoms with Crippen molar-refractivity contribution in [2.75, 3.05) is 13.1 Å². The molecular formula is C16H20BrNO2. The summed E-state index contributed by atoms with van der Waals surface area (Å²) in [5.41, 5.74) is 0.351. The van der Waals surface area contributed by atoms with Gasteiger partial charge in [0.25, 0.3) is 0 Å². The molecule has 4 heteroatoms. The number of likely N-dealkylation sites (tertiary alicyclic amines) is 1. The van der Waals surface area contributed by atoms with E-state index in [1.807, 2.05) is 42.2 Å². The topological polar surface area (TPSA) is 40.5 Å². The van der Waals surface area contributed by atoms with Gasteiger partial charge in [0.05, 0.1) is 5.60 Å². The van der Waals surface area contributed by atoms with E-state index in [4.69, 9.17) is 0 Å². The molecule has 20 heavy (non-hydrogen) atoms. The Hall–Kier alpha value is -1.13. The molecule has 0 aromatic heterocycles. The lowest BCUT2D eigenvalue weighted by Crippen LogP contribution is -2.32. The van der Waals surface area contributed by atoms with Gasteiger partial charge in [-0.3, -0.25) is 4.79 Å². The number of carbonyl (C=O) groups excluding carboxylic acids is 1. The first-order chi connectivity index (χ1) is 9.48. The first-order valence-electron chi connectivity index (χ1n) is 6.92. The summed E-state index contributed by atoms with van der Waals surface area (Å²) < 4.78 is 0.975. The zero-order valence-electron chi connectivity index (χ0n) is 11.7. The second-order valence-electron chi connectivity index (χ2n) is 5.53. The molecular weight excluding hydrogens is 318 g/mol. The molecule has 2 rings (SSSR count). The summed E-state index contributed by atoms with van der Waals surface area (Å²) in [5.74, 6) is 0.0125. The molecule has 1 unspecified atom stereocenters. The minimum atomic E-state index is -0.638. The van der Waals surface area contributed by atoms with Gasteiger partial charge in [-0.25, -0.2) is 0 Å². The van der Waals surface area contributed by atoms with Crippen LogP contribution in [0.25, 0.3) is 6.08 Å². The van der Waals surface area contributed by atoms with Gasteiger partial charge in [-0.05, 0) is 43.9 Å². The Labute approximate surface area is 128 Å². The zero-order chi connectivity index (χ0) is 14.6. The molecule has 1 amide bonds. The van der Waals surface area contributed by atoms with Gasteiger partial charge in [0.2, 0.25) is 5.91 Å². The normalized spacial score (nSPS) is 23.9. The standard InChI is InChI=1S/C16H20BrNO2/c1-16(20)9-4-11-18(12-10-16)15(19)8-7-13-5-2-3-6-14(13)17/h2-3,5-8,20H,4,9-12H2,1H3/b8-7+. The first-order valence-corrected chi connectivity index (χ1v) is 7.71. The molecule has 0 radical (unpaired) electrons. The molecule has 1 saturated heterocycles. The van der Waals surface area contributed by atoms with Crippen LogP contribution in [-0.2, 0) is 4.79 Å². The highest BCUT2D eigenvalue weighted by Crippen LogP contribution is 2.22. The van der Waals surface area contributed by atoms with Crippen LogP contribution in [0.1, 0.15) is 31.7 Å². The van der Waals surface area contributed by atoms with Crippen molar-refractivity contribution in [3.05, 3.63) is 40.4 Å². The van der Waals surface area contributed by atoms with E-state index in [2.05, 4.69) is 15.9 Å². The molecule has 0 saturated carbocycles. The Bertz CT molecular complexity index is 511. The van der Waals surface area contributed by atoms with Gasteiger partial charge in [0.1, 0.15) is 0 Å². The van der Waals surface area contributed by atoms with E-state index in [9.17, 15) is 9.90 Å². The summed E-state index contributed by atoms with van der Waals surface area (Å²) in [6.45, 7) is 3.18. The predicted molar refractivity (Wildman–Crippen MR) is 84.2 cm³/mol. The van der Waals surface area contributed by atoms with Crippen molar-refractivity contribution in [2.45, 2.75) is 31.8 Å². The SMILES string of the molecule is CC1(O)CCCN(C(=O)/C=C/c2ccccc2Br)CC1. The number of nitrogens with zero attached hydrogens (tertiary/aromatic N) is 1. The predicted octanol–water partition coefficient (Wildman–Crippen LogP) is 3.23. The van der Waals surface area contributed by atoms with Crippen molar-refractivity contribution in [3.63, 3.8) is 0 Å². The lowest BCUT2D eigenvalue weighted by molar-refractivity contribution is -0.126. The Morgan fingerprint density at radius 1 is 1.35 bits per heavy atom. The van der Waals surface area contributed by atoms with Crippen molar-refractivity contribution in [1.82, 2.24) is 4.90 Å². The highest BCUT2D eigenvalue weighted by Gasteiger charge is 2.26. The quantitative estimate of drug-likeness (QED) is 0.841. The molecule has 0 aliphatic carbocycles. The summed E-state index contributed by atoms with van der Waals surface area (Å²) in [6, 6.07) is 7.80. The van der Waals surface area contributed by atoms with Crippen LogP contribution in [0.3, 0.4) is 0 Å². The summed E-state index contributed by atoms with van der Waals surface area (Å²) in [4.78, 5) is 14.0. The molecule has 108 valence electrons. The van der Waals surface area contributed by atoms with Gasteiger partial charge >= 0.3 is 0 Å². The minimum absolute atomic E-state index is 0.0125. The Morgan fingerprint density at radius 3 is 2.85 bits per heavy atom. The lowest BCUT2D eigenvalue weighted by Gasteiger charge is -2.21. The van der Waals surface area contributed by atoms with Gasteiger partial charge in [-0.1, -0.05) is 34.1 Å². The van der Waals surface area contributed by atoms with E-state index in [0.717, 1.165) is 29.4 Å². The third kappa shape index (κ3) is 4.18. The van der Waals surface area contributed by atoms with E-state index >= 15 is 0 Å². The maximum atomic E-state index is 12.2. The first kappa shape index (κ1) is 15.3. The van der Waals surface area contributed by atoms with Crippen LogP contribution in [0.4, 0.5) is 0 Å². The van der Waals surface area contributed by atoms with Crippen LogP contribution < -0.4 is 0 Å². The summed E-state index contributed by atoms with van der Waals surface area (Å²) in [6.07, 6.45) is 5.68. The third-order valence-electron chi connectivity index (χ3n) is 3.69. The largest absolute Gasteiger partial charge is 0.390 e. The van der Waals surface area contributed by atoms with Crippen molar-refractivity contribution < 1.29 is 9.90 Å². The molecule has 0 bridgehead atoms. The van der Waals surface area contributed by atoms with Crippen LogP contribution in [0.2, 0.25) is 0 Å². The molecule has 1 aliphatic heterocycles. The van der Waals surface area contributed by atoms with Crippen LogP contribution >= 0.6 is 15.9 Å². The third-order valence-corrected chi connectivity index (χ3v) is 4.41. The number of hydrogen-bond acceptors (Lipinski definition) is 2. The monoisotopic (exact) mass is 337 g/mol. The fraction of sp³-hybridized carbons (Fsp3) is 0.438. The molecule has 1 N–H and O–H groups in total. The summed E-state index contributed by atoms with van der Waals surface area (Å²) in [7, 11) is 0. The number of amides is 1. The molecule has 1 heterocycles. The van der Waals surface area contributed by atoms with Crippen LogP contribution in [0, 0.1) is 0 Å². The second-order valence-corrected chi connectivity index (χ2v) is 6.38. The van der Waals surface area contributed by atoms with Gasteiger partial charge in [-0.15, -0.1) is 0 Å².